The molecule has 1 aliphatic rings. The van der Waals surface area contributed by atoms with Crippen LogP contribution in [-0.2, 0) is 11.3 Å². The number of allylic oxidation sites excluding steroid dienone is 1. The first kappa shape index (κ1) is 27.7. The maximum absolute atomic E-state index is 14.3. The summed E-state index contributed by atoms with van der Waals surface area (Å²) in [6, 6.07) is 17.9. The molecule has 0 aromatic heterocycles. The molecular formula is C31H33FN2O5. The Kier molecular flexibility index (Phi) is 8.54. The summed E-state index contributed by atoms with van der Waals surface area (Å²) in [5.74, 6) is 0.149. The van der Waals surface area contributed by atoms with E-state index >= 15 is 0 Å². The zero-order chi connectivity index (χ0) is 28.1. The summed E-state index contributed by atoms with van der Waals surface area (Å²) in [4.78, 5) is 26.4. The van der Waals surface area contributed by atoms with Gasteiger partial charge in [-0.05, 0) is 63.9 Å². The van der Waals surface area contributed by atoms with Crippen LogP contribution in [0.5, 0.6) is 17.2 Å². The number of carbonyl (C=O) groups excluding carboxylic acids is 2. The van der Waals surface area contributed by atoms with Gasteiger partial charge in [0.05, 0.1) is 14.2 Å². The molecule has 8 heteroatoms. The largest absolute Gasteiger partial charge is 0.493 e. The number of halogens is 1. The second-order valence-electron chi connectivity index (χ2n) is 9.71. The minimum atomic E-state index is -0.563. The maximum Gasteiger partial charge on any atom is 0.414 e. The van der Waals surface area contributed by atoms with Crippen molar-refractivity contribution >= 4 is 23.6 Å². The fraction of sp³-hybridized carbons (Fsp3) is 0.290. The van der Waals surface area contributed by atoms with E-state index in [-0.39, 0.29) is 35.7 Å². The number of hydrogen-bond acceptors (Lipinski definition) is 5. The highest BCUT2D eigenvalue weighted by Crippen LogP contribution is 2.49. The van der Waals surface area contributed by atoms with E-state index in [2.05, 4.69) is 5.32 Å². The van der Waals surface area contributed by atoms with E-state index in [1.165, 1.54) is 31.3 Å². The van der Waals surface area contributed by atoms with Crippen LogP contribution < -0.4 is 19.5 Å². The van der Waals surface area contributed by atoms with Crippen molar-refractivity contribution in [3.05, 3.63) is 88.7 Å². The molecule has 0 heterocycles. The van der Waals surface area contributed by atoms with Crippen LogP contribution in [0.2, 0.25) is 0 Å². The molecule has 0 aliphatic heterocycles. The van der Waals surface area contributed by atoms with Crippen molar-refractivity contribution in [1.29, 1.82) is 0 Å². The third-order valence-electron chi connectivity index (χ3n) is 6.92. The molecule has 0 radical (unpaired) electrons. The Labute approximate surface area is 228 Å². The maximum atomic E-state index is 14.3. The molecule has 0 fully saturated rings. The van der Waals surface area contributed by atoms with Crippen LogP contribution >= 0.6 is 0 Å². The first-order valence-corrected chi connectivity index (χ1v) is 12.7. The van der Waals surface area contributed by atoms with Gasteiger partial charge in [0, 0.05) is 27.1 Å². The molecule has 0 bridgehead atoms. The first-order chi connectivity index (χ1) is 18.7. The van der Waals surface area contributed by atoms with Crippen LogP contribution in [0.25, 0.3) is 11.6 Å². The molecule has 0 saturated carbocycles. The molecular weight excluding hydrogens is 499 g/mol. The van der Waals surface area contributed by atoms with Gasteiger partial charge in [-0.15, -0.1) is 0 Å². The molecule has 2 amide bonds. The molecule has 39 heavy (non-hydrogen) atoms. The van der Waals surface area contributed by atoms with Crippen molar-refractivity contribution in [1.82, 2.24) is 10.2 Å². The SMILES string of the molecule is COc1cc(/C=C2\c3ccc(F)cc3C(CC(=O)NCc3ccccc3)C2C)cc(OC)c1OC(=O)N(C)C. The van der Waals surface area contributed by atoms with E-state index in [1.807, 2.05) is 43.3 Å². The summed E-state index contributed by atoms with van der Waals surface area (Å²) in [7, 11) is 6.14. The van der Waals surface area contributed by atoms with Crippen LogP contribution in [0, 0.1) is 11.7 Å². The topological polar surface area (TPSA) is 77.1 Å². The van der Waals surface area contributed by atoms with Gasteiger partial charge in [0.25, 0.3) is 0 Å². The normalized spacial score (nSPS) is 16.9. The minimum absolute atomic E-state index is 0.0625. The van der Waals surface area contributed by atoms with E-state index in [4.69, 9.17) is 14.2 Å². The van der Waals surface area contributed by atoms with Gasteiger partial charge < -0.3 is 24.4 Å². The van der Waals surface area contributed by atoms with E-state index < -0.39 is 6.09 Å². The van der Waals surface area contributed by atoms with E-state index in [0.717, 1.165) is 27.8 Å². The highest BCUT2D eigenvalue weighted by molar-refractivity contribution is 5.90. The van der Waals surface area contributed by atoms with Crippen LogP contribution in [-0.4, -0.2) is 45.2 Å². The molecule has 1 aliphatic carbocycles. The predicted molar refractivity (Wildman–Crippen MR) is 148 cm³/mol. The lowest BCUT2D eigenvalue weighted by molar-refractivity contribution is -0.121. The molecule has 3 aromatic rings. The number of nitrogens with one attached hydrogen (secondary N) is 1. The molecule has 4 rings (SSSR count). The van der Waals surface area contributed by atoms with Crippen LogP contribution in [0.1, 0.15) is 41.5 Å². The Morgan fingerprint density at radius 1 is 1.00 bits per heavy atom. The van der Waals surface area contributed by atoms with Gasteiger partial charge in [-0.1, -0.05) is 49.4 Å². The smallest absolute Gasteiger partial charge is 0.414 e. The highest BCUT2D eigenvalue weighted by Gasteiger charge is 2.35. The zero-order valence-electron chi connectivity index (χ0n) is 22.8. The Morgan fingerprint density at radius 3 is 2.28 bits per heavy atom. The van der Waals surface area contributed by atoms with E-state index in [0.29, 0.717) is 18.0 Å². The summed E-state index contributed by atoms with van der Waals surface area (Å²) in [5.41, 5.74) is 4.43. The standard InChI is InChI=1S/C31H33FN2O5/c1-19-24(13-21-14-27(37-4)30(28(15-21)38-5)39-31(36)34(2)3)23-12-11-22(32)16-26(23)25(19)17-29(35)33-18-20-9-7-6-8-10-20/h6-16,19,25H,17-18H2,1-5H3,(H,33,35)/b24-13-. The predicted octanol–water partition coefficient (Wildman–Crippen LogP) is 5.88. The lowest BCUT2D eigenvalue weighted by Gasteiger charge is -2.18. The van der Waals surface area contributed by atoms with Gasteiger partial charge in [0.2, 0.25) is 11.7 Å². The Morgan fingerprint density at radius 2 is 1.67 bits per heavy atom. The molecule has 3 aromatic carbocycles. The summed E-state index contributed by atoms with van der Waals surface area (Å²) in [6.45, 7) is 2.48. The average molecular weight is 533 g/mol. The van der Waals surface area contributed by atoms with Gasteiger partial charge in [-0.25, -0.2) is 9.18 Å². The average Bonchev–Trinajstić information content (AvgIpc) is 3.17. The van der Waals surface area contributed by atoms with Crippen LogP contribution in [0.15, 0.2) is 60.7 Å². The lowest BCUT2D eigenvalue weighted by Crippen LogP contribution is -2.25. The monoisotopic (exact) mass is 532 g/mol. The van der Waals surface area contributed by atoms with Crippen molar-refractivity contribution in [3.8, 4) is 17.2 Å². The number of ether oxygens (including phenoxy) is 3. The lowest BCUT2D eigenvalue weighted by atomic mass is 9.88. The molecule has 1 N–H and O–H groups in total. The molecule has 7 nitrogen and oxygen atoms in total. The minimum Gasteiger partial charge on any atom is -0.493 e. The second kappa shape index (κ2) is 12.0. The number of amides is 2. The zero-order valence-corrected chi connectivity index (χ0v) is 22.8. The Bertz CT molecular complexity index is 1360. The van der Waals surface area contributed by atoms with Crippen molar-refractivity contribution < 1.29 is 28.2 Å². The number of nitrogens with zero attached hydrogens (tertiary/aromatic N) is 1. The van der Waals surface area contributed by atoms with Crippen molar-refractivity contribution in [3.63, 3.8) is 0 Å². The molecule has 2 unspecified atom stereocenters. The summed E-state index contributed by atoms with van der Waals surface area (Å²) in [6.07, 6.45) is 1.64. The number of rotatable bonds is 8. The molecule has 204 valence electrons. The quantitative estimate of drug-likeness (QED) is 0.392. The van der Waals surface area contributed by atoms with Crippen molar-refractivity contribution in [2.45, 2.75) is 25.8 Å². The Balaban J connectivity index is 1.64. The van der Waals surface area contributed by atoms with Crippen LogP contribution in [0.4, 0.5) is 9.18 Å². The molecule has 0 saturated heterocycles. The third-order valence-corrected chi connectivity index (χ3v) is 6.92. The van der Waals surface area contributed by atoms with Crippen LogP contribution in [0.3, 0.4) is 0 Å². The third kappa shape index (κ3) is 6.22. The molecule has 2 atom stereocenters. The number of hydrogen-bond donors (Lipinski definition) is 1. The molecule has 0 spiro atoms. The van der Waals surface area contributed by atoms with Gasteiger partial charge in [-0.2, -0.15) is 0 Å². The number of fused-ring (bicyclic) bond motifs is 1. The Hall–Kier alpha value is -4.33. The fourth-order valence-corrected chi connectivity index (χ4v) is 4.84. The highest BCUT2D eigenvalue weighted by atomic mass is 19.1. The van der Waals surface area contributed by atoms with Gasteiger partial charge in [-0.3, -0.25) is 4.79 Å². The number of methoxy groups -OCH3 is 2. The van der Waals surface area contributed by atoms with Gasteiger partial charge >= 0.3 is 6.09 Å². The van der Waals surface area contributed by atoms with E-state index in [9.17, 15) is 14.0 Å². The van der Waals surface area contributed by atoms with Gasteiger partial charge in [0.1, 0.15) is 5.82 Å². The summed E-state index contributed by atoms with van der Waals surface area (Å²) in [5, 5.41) is 2.99. The van der Waals surface area contributed by atoms with E-state index in [1.54, 1.807) is 32.3 Å². The summed E-state index contributed by atoms with van der Waals surface area (Å²) >= 11 is 0. The van der Waals surface area contributed by atoms with Crippen molar-refractivity contribution in [2.75, 3.05) is 28.3 Å². The van der Waals surface area contributed by atoms with Crippen molar-refractivity contribution in [2.24, 2.45) is 5.92 Å². The number of carbonyl (C=O) groups is 2. The van der Waals surface area contributed by atoms with Gasteiger partial charge in [0.15, 0.2) is 11.5 Å². The number of benzene rings is 3. The second-order valence-corrected chi connectivity index (χ2v) is 9.71. The fourth-order valence-electron chi connectivity index (χ4n) is 4.84. The first-order valence-electron chi connectivity index (χ1n) is 12.7. The summed E-state index contributed by atoms with van der Waals surface area (Å²) < 4.78 is 30.8.